The van der Waals surface area contributed by atoms with Crippen molar-refractivity contribution < 1.29 is 9.90 Å². The second kappa shape index (κ2) is 6.80. The predicted octanol–water partition coefficient (Wildman–Crippen LogP) is 0.639. The number of hydrogen-bond donors (Lipinski definition) is 3. The lowest BCUT2D eigenvalue weighted by molar-refractivity contribution is -0.122. The first-order chi connectivity index (χ1) is 6.87. The highest BCUT2D eigenvalue weighted by Crippen LogP contribution is 2.25. The van der Waals surface area contributed by atoms with Crippen LogP contribution in [0.4, 0.5) is 0 Å². The first-order valence-electron chi connectivity index (χ1n) is 5.52. The number of hydrogen-bond acceptors (Lipinski definition) is 3. The van der Waals surface area contributed by atoms with Crippen molar-refractivity contribution in [1.29, 1.82) is 0 Å². The van der Waals surface area contributed by atoms with Gasteiger partial charge in [0.15, 0.2) is 0 Å². The number of carbonyl (C=O) groups is 1. The van der Waals surface area contributed by atoms with Crippen LogP contribution in [0.3, 0.4) is 0 Å². The van der Waals surface area contributed by atoms with Gasteiger partial charge >= 0.3 is 0 Å². The van der Waals surface area contributed by atoms with E-state index in [-0.39, 0.29) is 11.3 Å². The van der Waals surface area contributed by atoms with Crippen molar-refractivity contribution >= 4 is 5.91 Å². The first-order valence-corrected chi connectivity index (χ1v) is 5.52. The van der Waals surface area contributed by atoms with Crippen molar-refractivity contribution in [1.82, 2.24) is 5.32 Å². The second-order valence-corrected chi connectivity index (χ2v) is 4.86. The molecular formula is C11H24N2O2. The molecule has 0 spiro atoms. The van der Waals surface area contributed by atoms with Gasteiger partial charge in [-0.2, -0.15) is 0 Å². The molecule has 15 heavy (non-hydrogen) atoms. The summed E-state index contributed by atoms with van der Waals surface area (Å²) in [6.45, 7) is 6.86. The number of aliphatic hydroxyl groups excluding tert-OH is 1. The fourth-order valence-electron chi connectivity index (χ4n) is 1.32. The number of amides is 1. The molecule has 1 amide bonds. The summed E-state index contributed by atoms with van der Waals surface area (Å²) >= 11 is 0. The van der Waals surface area contributed by atoms with Gasteiger partial charge in [0, 0.05) is 13.0 Å². The van der Waals surface area contributed by atoms with Crippen molar-refractivity contribution in [3.8, 4) is 0 Å². The maximum Gasteiger partial charge on any atom is 0.220 e. The molecule has 0 aromatic carbocycles. The van der Waals surface area contributed by atoms with Gasteiger partial charge in [-0.1, -0.05) is 13.8 Å². The Morgan fingerprint density at radius 1 is 1.47 bits per heavy atom. The van der Waals surface area contributed by atoms with Crippen molar-refractivity contribution in [3.05, 3.63) is 0 Å². The number of nitrogens with one attached hydrogen (secondary N) is 1. The van der Waals surface area contributed by atoms with Crippen LogP contribution in [-0.2, 0) is 4.79 Å². The predicted molar refractivity (Wildman–Crippen MR) is 61.4 cm³/mol. The molecule has 0 aliphatic carbocycles. The van der Waals surface area contributed by atoms with E-state index in [9.17, 15) is 4.79 Å². The van der Waals surface area contributed by atoms with Gasteiger partial charge in [0.25, 0.3) is 0 Å². The van der Waals surface area contributed by atoms with Gasteiger partial charge < -0.3 is 16.2 Å². The van der Waals surface area contributed by atoms with Crippen molar-refractivity contribution in [2.75, 3.05) is 13.1 Å². The molecule has 0 aromatic heterocycles. The molecule has 0 saturated carbocycles. The molecule has 0 saturated heterocycles. The molecule has 90 valence electrons. The summed E-state index contributed by atoms with van der Waals surface area (Å²) in [7, 11) is 0. The Balaban J connectivity index is 3.70. The van der Waals surface area contributed by atoms with E-state index >= 15 is 0 Å². The Morgan fingerprint density at radius 2 is 2.07 bits per heavy atom. The maximum absolute atomic E-state index is 11.3. The molecule has 4 N–H and O–H groups in total. The Labute approximate surface area is 92.2 Å². The highest BCUT2D eigenvalue weighted by atomic mass is 16.3. The summed E-state index contributed by atoms with van der Waals surface area (Å²) in [6, 6.07) is 0. The van der Waals surface area contributed by atoms with E-state index in [0.717, 1.165) is 12.8 Å². The third kappa shape index (κ3) is 8.39. The van der Waals surface area contributed by atoms with Crippen LogP contribution in [0.2, 0.25) is 0 Å². The van der Waals surface area contributed by atoms with E-state index < -0.39 is 6.10 Å². The maximum atomic E-state index is 11.3. The lowest BCUT2D eigenvalue weighted by Crippen LogP contribution is -2.31. The average Bonchev–Trinajstić information content (AvgIpc) is 2.11. The van der Waals surface area contributed by atoms with Crippen molar-refractivity contribution in [2.45, 2.75) is 46.1 Å². The standard InChI is InChI=1S/C11H24N2O2/c1-9(14)8-13-10(15)4-5-11(2,3)6-7-12/h9,14H,4-8,12H2,1-3H3,(H,13,15)/t9-/m1/s1. The fraction of sp³-hybridized carbons (Fsp3) is 0.909. The Morgan fingerprint density at radius 3 is 2.53 bits per heavy atom. The molecule has 0 bridgehead atoms. The van der Waals surface area contributed by atoms with Gasteiger partial charge in [-0.25, -0.2) is 0 Å². The first kappa shape index (κ1) is 14.4. The summed E-state index contributed by atoms with van der Waals surface area (Å²) in [4.78, 5) is 11.3. The molecule has 0 fully saturated rings. The summed E-state index contributed by atoms with van der Waals surface area (Å²) < 4.78 is 0. The van der Waals surface area contributed by atoms with E-state index in [4.69, 9.17) is 10.8 Å². The smallest absolute Gasteiger partial charge is 0.220 e. The number of carbonyl (C=O) groups excluding carboxylic acids is 1. The van der Waals surface area contributed by atoms with Crippen molar-refractivity contribution in [3.63, 3.8) is 0 Å². The topological polar surface area (TPSA) is 75.3 Å². The van der Waals surface area contributed by atoms with Gasteiger partial charge in [0.05, 0.1) is 6.10 Å². The molecule has 0 radical (unpaired) electrons. The van der Waals surface area contributed by atoms with Gasteiger partial charge in [-0.15, -0.1) is 0 Å². The molecule has 0 rings (SSSR count). The molecule has 0 unspecified atom stereocenters. The third-order valence-electron chi connectivity index (χ3n) is 2.44. The normalized spacial score (nSPS) is 13.7. The van der Waals surface area contributed by atoms with Gasteiger partial charge in [0.1, 0.15) is 0 Å². The second-order valence-electron chi connectivity index (χ2n) is 4.86. The van der Waals surface area contributed by atoms with E-state index in [1.165, 1.54) is 0 Å². The lowest BCUT2D eigenvalue weighted by Gasteiger charge is -2.23. The van der Waals surface area contributed by atoms with Gasteiger partial charge in [0.2, 0.25) is 5.91 Å². The van der Waals surface area contributed by atoms with Crippen LogP contribution in [0.25, 0.3) is 0 Å². The van der Waals surface area contributed by atoms with Crippen LogP contribution >= 0.6 is 0 Å². The Hall–Kier alpha value is -0.610. The molecule has 4 nitrogen and oxygen atoms in total. The highest BCUT2D eigenvalue weighted by Gasteiger charge is 2.18. The molecule has 0 aliphatic heterocycles. The minimum absolute atomic E-state index is 0.000923. The summed E-state index contributed by atoms with van der Waals surface area (Å²) in [6.07, 6.45) is 1.78. The van der Waals surface area contributed by atoms with Crippen LogP contribution in [0.5, 0.6) is 0 Å². The van der Waals surface area contributed by atoms with Gasteiger partial charge in [-0.3, -0.25) is 4.79 Å². The molecule has 0 heterocycles. The SMILES string of the molecule is C[C@@H](O)CNC(=O)CCC(C)(C)CCN. The van der Waals surface area contributed by atoms with Gasteiger partial charge in [-0.05, 0) is 31.7 Å². The third-order valence-corrected chi connectivity index (χ3v) is 2.44. The van der Waals surface area contributed by atoms with Crippen LogP contribution in [-0.4, -0.2) is 30.2 Å². The minimum Gasteiger partial charge on any atom is -0.392 e. The zero-order valence-corrected chi connectivity index (χ0v) is 10.0. The van der Waals surface area contributed by atoms with E-state index in [0.29, 0.717) is 19.5 Å². The largest absolute Gasteiger partial charge is 0.392 e. The number of aliphatic hydroxyl groups is 1. The van der Waals surface area contributed by atoms with E-state index in [1.54, 1.807) is 6.92 Å². The highest BCUT2D eigenvalue weighted by molar-refractivity contribution is 5.75. The Bertz CT molecular complexity index is 191. The van der Waals surface area contributed by atoms with Crippen LogP contribution < -0.4 is 11.1 Å². The minimum atomic E-state index is -0.481. The Kier molecular flexibility index (Phi) is 6.52. The van der Waals surface area contributed by atoms with E-state index in [2.05, 4.69) is 19.2 Å². The molecule has 0 aromatic rings. The van der Waals surface area contributed by atoms with Crippen molar-refractivity contribution in [2.24, 2.45) is 11.1 Å². The summed E-state index contributed by atoms with van der Waals surface area (Å²) in [5, 5.41) is 11.7. The lowest BCUT2D eigenvalue weighted by atomic mass is 9.84. The zero-order valence-electron chi connectivity index (χ0n) is 10.0. The molecule has 1 atom stereocenters. The van der Waals surface area contributed by atoms with Crippen LogP contribution in [0, 0.1) is 5.41 Å². The molecular weight excluding hydrogens is 192 g/mol. The van der Waals surface area contributed by atoms with E-state index in [1.807, 2.05) is 0 Å². The van der Waals surface area contributed by atoms with Crippen LogP contribution in [0.1, 0.15) is 40.0 Å². The monoisotopic (exact) mass is 216 g/mol. The van der Waals surface area contributed by atoms with Crippen LogP contribution in [0.15, 0.2) is 0 Å². The zero-order chi connectivity index (χ0) is 11.9. The summed E-state index contributed by atoms with van der Waals surface area (Å²) in [5.74, 6) is 0.000923. The number of nitrogens with two attached hydrogens (primary N) is 1. The molecule has 4 heteroatoms. The summed E-state index contributed by atoms with van der Waals surface area (Å²) in [5.41, 5.74) is 5.61. The number of rotatable bonds is 7. The fourth-order valence-corrected chi connectivity index (χ4v) is 1.32. The average molecular weight is 216 g/mol. The molecule has 0 aliphatic rings. The quantitative estimate of drug-likeness (QED) is 0.584.